The van der Waals surface area contributed by atoms with Crippen LogP contribution in [0.5, 0.6) is 0 Å². The Kier molecular flexibility index (Phi) is 5.28. The van der Waals surface area contributed by atoms with Gasteiger partial charge in [0.1, 0.15) is 17.2 Å². The van der Waals surface area contributed by atoms with Gasteiger partial charge in [0.2, 0.25) is 10.0 Å². The molecule has 1 aromatic heterocycles. The summed E-state index contributed by atoms with van der Waals surface area (Å²) in [4.78, 5) is 12.0. The summed E-state index contributed by atoms with van der Waals surface area (Å²) in [5.41, 5.74) is 3.20. The Bertz CT molecular complexity index is 1430. The lowest BCUT2D eigenvalue weighted by molar-refractivity contribution is 0.0981. The summed E-state index contributed by atoms with van der Waals surface area (Å²) in [6.45, 7) is 1.98. The minimum atomic E-state index is -3.76. The Labute approximate surface area is 183 Å². The highest BCUT2D eigenvalue weighted by atomic mass is 35.5. The summed E-state index contributed by atoms with van der Waals surface area (Å²) in [6, 6.07) is 16.7. The maximum Gasteiger partial charge on any atom is 0.264 e. The van der Waals surface area contributed by atoms with Crippen molar-refractivity contribution < 1.29 is 17.6 Å². The highest BCUT2D eigenvalue weighted by Gasteiger charge is 2.18. The van der Waals surface area contributed by atoms with Gasteiger partial charge in [-0.3, -0.25) is 4.79 Å². The second-order valence-corrected chi connectivity index (χ2v) is 9.34. The predicted octanol–water partition coefficient (Wildman–Crippen LogP) is 4.48. The number of carbonyl (C=O) groups excluding carboxylic acids is 1. The fourth-order valence-corrected chi connectivity index (χ4v) is 3.87. The lowest BCUT2D eigenvalue weighted by Gasteiger charge is -2.08. The van der Waals surface area contributed by atoms with Gasteiger partial charge in [-0.1, -0.05) is 41.4 Å². The van der Waals surface area contributed by atoms with Crippen molar-refractivity contribution >= 4 is 38.4 Å². The van der Waals surface area contributed by atoms with E-state index in [1.165, 1.54) is 16.8 Å². The zero-order valence-corrected chi connectivity index (χ0v) is 18.1. The van der Waals surface area contributed by atoms with E-state index in [-0.39, 0.29) is 11.3 Å². The molecule has 3 aromatic carbocycles. The van der Waals surface area contributed by atoms with Gasteiger partial charge in [0.15, 0.2) is 0 Å². The molecule has 0 radical (unpaired) electrons. The van der Waals surface area contributed by atoms with E-state index in [2.05, 4.69) is 5.10 Å². The van der Waals surface area contributed by atoms with Gasteiger partial charge in [-0.15, -0.1) is 0 Å². The van der Waals surface area contributed by atoms with Crippen molar-refractivity contribution in [3.8, 4) is 16.9 Å². The van der Waals surface area contributed by atoms with Crippen LogP contribution in [0.4, 0.5) is 4.39 Å². The van der Waals surface area contributed by atoms with E-state index in [1.807, 2.05) is 35.9 Å². The third-order valence-electron chi connectivity index (χ3n) is 4.68. The quantitative estimate of drug-likeness (QED) is 0.490. The van der Waals surface area contributed by atoms with Crippen LogP contribution in [0.1, 0.15) is 15.9 Å². The Morgan fingerprint density at radius 3 is 2.42 bits per heavy atom. The normalized spacial score (nSPS) is 11.6. The molecule has 0 unspecified atom stereocenters. The van der Waals surface area contributed by atoms with E-state index in [9.17, 15) is 17.6 Å². The summed E-state index contributed by atoms with van der Waals surface area (Å²) in [6.07, 6.45) is 0.850. The zero-order valence-electron chi connectivity index (χ0n) is 16.6. The Morgan fingerprint density at radius 1 is 1.06 bits per heavy atom. The average Bonchev–Trinajstić information content (AvgIpc) is 3.05. The largest absolute Gasteiger partial charge is 0.268 e. The molecule has 0 aliphatic carbocycles. The molecular formula is C22H17ClFN3O3S. The number of carbonyl (C=O) groups is 1. The Morgan fingerprint density at radius 2 is 1.77 bits per heavy atom. The molecule has 31 heavy (non-hydrogen) atoms. The van der Waals surface area contributed by atoms with Crippen LogP contribution in [-0.4, -0.2) is 30.4 Å². The van der Waals surface area contributed by atoms with Crippen molar-refractivity contribution in [2.45, 2.75) is 6.92 Å². The number of nitrogens with one attached hydrogen (secondary N) is 1. The van der Waals surface area contributed by atoms with Gasteiger partial charge in [0.25, 0.3) is 5.91 Å². The summed E-state index contributed by atoms with van der Waals surface area (Å²) >= 11 is 6.19. The number of sulfonamides is 1. The molecular weight excluding hydrogens is 441 g/mol. The standard InChI is InChI=1S/C22H17ClFN3O3S/c1-13-3-5-14(6-4-13)21-17-12-16(23)8-10-19(17)27(25-21)20-9-7-15(11-18(20)24)22(28)26-31(2,29)30/h3-12H,1-2H3,(H,26,28). The maximum atomic E-state index is 15.0. The monoisotopic (exact) mass is 457 g/mol. The highest BCUT2D eigenvalue weighted by molar-refractivity contribution is 7.89. The maximum absolute atomic E-state index is 15.0. The Hall–Kier alpha value is -3.23. The molecule has 0 fully saturated rings. The van der Waals surface area contributed by atoms with Gasteiger partial charge < -0.3 is 0 Å². The summed E-state index contributed by atoms with van der Waals surface area (Å²) in [7, 11) is -3.76. The first-order valence-electron chi connectivity index (χ1n) is 9.20. The van der Waals surface area contributed by atoms with E-state index >= 15 is 0 Å². The van der Waals surface area contributed by atoms with E-state index in [0.29, 0.717) is 16.2 Å². The van der Waals surface area contributed by atoms with E-state index in [4.69, 9.17) is 11.6 Å². The third-order valence-corrected chi connectivity index (χ3v) is 5.47. The second-order valence-electron chi connectivity index (χ2n) is 7.16. The topological polar surface area (TPSA) is 81.1 Å². The molecule has 4 rings (SSSR count). The number of rotatable bonds is 4. The van der Waals surface area contributed by atoms with Crippen LogP contribution in [-0.2, 0) is 10.0 Å². The summed E-state index contributed by atoms with van der Waals surface area (Å²) in [5.74, 6) is -1.64. The Balaban J connectivity index is 1.85. The number of fused-ring (bicyclic) bond motifs is 1. The molecule has 0 aliphatic heterocycles. The van der Waals surface area contributed by atoms with Gasteiger partial charge in [0.05, 0.1) is 11.8 Å². The average molecular weight is 458 g/mol. The lowest BCUT2D eigenvalue weighted by Crippen LogP contribution is -2.29. The third kappa shape index (κ3) is 4.30. The second kappa shape index (κ2) is 7.79. The van der Waals surface area contributed by atoms with Gasteiger partial charge in [-0.2, -0.15) is 5.10 Å². The number of halogens is 2. The number of nitrogens with zero attached hydrogens (tertiary/aromatic N) is 2. The van der Waals surface area contributed by atoms with Crippen molar-refractivity contribution in [1.82, 2.24) is 14.5 Å². The molecule has 1 N–H and O–H groups in total. The van der Waals surface area contributed by atoms with Crippen molar-refractivity contribution in [3.05, 3.63) is 82.6 Å². The smallest absolute Gasteiger partial charge is 0.264 e. The lowest BCUT2D eigenvalue weighted by atomic mass is 10.1. The number of benzene rings is 3. The van der Waals surface area contributed by atoms with E-state index in [1.54, 1.807) is 18.2 Å². The minimum Gasteiger partial charge on any atom is -0.268 e. The molecule has 9 heteroatoms. The van der Waals surface area contributed by atoms with Gasteiger partial charge in [-0.05, 0) is 43.3 Å². The van der Waals surface area contributed by atoms with Crippen LogP contribution in [0.15, 0.2) is 60.7 Å². The van der Waals surface area contributed by atoms with Crippen LogP contribution < -0.4 is 4.72 Å². The fraction of sp³-hybridized carbons (Fsp3) is 0.0909. The molecule has 4 aromatic rings. The van der Waals surface area contributed by atoms with Crippen LogP contribution in [0.2, 0.25) is 5.02 Å². The molecule has 0 spiro atoms. The fourth-order valence-electron chi connectivity index (χ4n) is 3.25. The van der Waals surface area contributed by atoms with Crippen molar-refractivity contribution in [2.75, 3.05) is 6.26 Å². The van der Waals surface area contributed by atoms with Gasteiger partial charge in [0, 0.05) is 21.5 Å². The summed E-state index contributed by atoms with van der Waals surface area (Å²) < 4.78 is 40.8. The number of hydrogen-bond acceptors (Lipinski definition) is 4. The predicted molar refractivity (Wildman–Crippen MR) is 119 cm³/mol. The molecule has 0 saturated heterocycles. The molecule has 0 aliphatic rings. The van der Waals surface area contributed by atoms with E-state index < -0.39 is 21.7 Å². The van der Waals surface area contributed by atoms with Crippen LogP contribution in [0.25, 0.3) is 27.8 Å². The SMILES string of the molecule is Cc1ccc(-c2nn(-c3ccc(C(=O)NS(C)(=O)=O)cc3F)c3ccc(Cl)cc23)cc1. The molecule has 0 bridgehead atoms. The molecule has 0 atom stereocenters. The van der Waals surface area contributed by atoms with Crippen LogP contribution in [0, 0.1) is 12.7 Å². The van der Waals surface area contributed by atoms with Crippen molar-refractivity contribution in [3.63, 3.8) is 0 Å². The van der Waals surface area contributed by atoms with E-state index in [0.717, 1.165) is 28.8 Å². The molecule has 1 heterocycles. The highest BCUT2D eigenvalue weighted by Crippen LogP contribution is 2.32. The zero-order chi connectivity index (χ0) is 22.3. The molecule has 158 valence electrons. The minimum absolute atomic E-state index is 0.113. The molecule has 6 nitrogen and oxygen atoms in total. The number of amides is 1. The number of aryl methyl sites for hydroxylation is 1. The molecule has 0 saturated carbocycles. The summed E-state index contributed by atoms with van der Waals surface area (Å²) in [5, 5.41) is 5.88. The molecule has 1 amide bonds. The van der Waals surface area contributed by atoms with Crippen LogP contribution in [0.3, 0.4) is 0 Å². The van der Waals surface area contributed by atoms with Crippen molar-refractivity contribution in [1.29, 1.82) is 0 Å². The number of hydrogen-bond donors (Lipinski definition) is 1. The van der Waals surface area contributed by atoms with Crippen molar-refractivity contribution in [2.24, 2.45) is 0 Å². The van der Waals surface area contributed by atoms with Gasteiger partial charge in [-0.25, -0.2) is 22.2 Å². The first-order chi connectivity index (χ1) is 14.6. The number of aromatic nitrogens is 2. The first kappa shape index (κ1) is 21.0. The van der Waals surface area contributed by atoms with Crippen LogP contribution >= 0.6 is 11.6 Å². The van der Waals surface area contributed by atoms with Gasteiger partial charge >= 0.3 is 0 Å². The first-order valence-corrected chi connectivity index (χ1v) is 11.5.